The van der Waals surface area contributed by atoms with Crippen molar-refractivity contribution >= 4 is 29.7 Å². The van der Waals surface area contributed by atoms with E-state index in [0.29, 0.717) is 30.1 Å². The SMILES string of the molecule is NC(=O)C(CCC=O)N1C(=O)c2ccc(NC[C@H]3C[C@H](n4cc(-c5cccc(C6CC6)n5)c(C5CC5)n4)C3)cc2C1=O. The molecule has 3 aliphatic carbocycles. The van der Waals surface area contributed by atoms with E-state index < -0.39 is 23.8 Å². The van der Waals surface area contributed by atoms with Gasteiger partial charge in [0.2, 0.25) is 5.91 Å². The first-order valence-electron chi connectivity index (χ1n) is 15.0. The van der Waals surface area contributed by atoms with E-state index in [-0.39, 0.29) is 24.0 Å². The molecule has 216 valence electrons. The Hall–Kier alpha value is -4.34. The van der Waals surface area contributed by atoms with E-state index in [0.717, 1.165) is 35.7 Å². The molecule has 1 unspecified atom stereocenters. The summed E-state index contributed by atoms with van der Waals surface area (Å²) in [6.45, 7) is 0.735. The summed E-state index contributed by atoms with van der Waals surface area (Å²) < 4.78 is 2.15. The lowest BCUT2D eigenvalue weighted by Crippen LogP contribution is -2.47. The minimum absolute atomic E-state index is 0.0154. The third-order valence-electron chi connectivity index (χ3n) is 9.06. The molecule has 0 saturated heterocycles. The van der Waals surface area contributed by atoms with Gasteiger partial charge in [-0.2, -0.15) is 5.10 Å². The molecule has 1 aromatic carbocycles. The zero-order valence-corrected chi connectivity index (χ0v) is 23.4. The number of nitrogens with zero attached hydrogens (tertiary/aromatic N) is 4. The fourth-order valence-electron chi connectivity index (χ4n) is 6.28. The summed E-state index contributed by atoms with van der Waals surface area (Å²) in [6.07, 6.45) is 9.74. The predicted octanol–water partition coefficient (Wildman–Crippen LogP) is 4.19. The topological polar surface area (TPSA) is 140 Å². The number of amides is 3. The van der Waals surface area contributed by atoms with Crippen LogP contribution in [0.5, 0.6) is 0 Å². The Morgan fingerprint density at radius 1 is 1.02 bits per heavy atom. The van der Waals surface area contributed by atoms with Crippen molar-refractivity contribution in [3.05, 3.63) is 65.1 Å². The summed E-state index contributed by atoms with van der Waals surface area (Å²) >= 11 is 0. The molecule has 10 nitrogen and oxygen atoms in total. The average molecular weight is 567 g/mol. The summed E-state index contributed by atoms with van der Waals surface area (Å²) in [6, 6.07) is 10.6. The molecule has 10 heteroatoms. The average Bonchev–Trinajstić information content (AvgIpc) is 3.91. The Morgan fingerprint density at radius 3 is 2.50 bits per heavy atom. The maximum atomic E-state index is 13.1. The molecule has 3 N–H and O–H groups in total. The van der Waals surface area contributed by atoms with Crippen molar-refractivity contribution in [2.75, 3.05) is 11.9 Å². The van der Waals surface area contributed by atoms with Crippen LogP contribution in [0.2, 0.25) is 0 Å². The van der Waals surface area contributed by atoms with Crippen LogP contribution in [0, 0.1) is 5.92 Å². The lowest BCUT2D eigenvalue weighted by molar-refractivity contribution is -0.122. The third kappa shape index (κ3) is 4.88. The highest BCUT2D eigenvalue weighted by Gasteiger charge is 2.42. The molecule has 1 aliphatic heterocycles. The number of aldehydes is 1. The number of nitrogens with two attached hydrogens (primary N) is 1. The van der Waals surface area contributed by atoms with Crippen LogP contribution in [0.1, 0.15) is 101 Å². The Bertz CT molecular complexity index is 1580. The van der Waals surface area contributed by atoms with Gasteiger partial charge >= 0.3 is 0 Å². The summed E-state index contributed by atoms with van der Waals surface area (Å²) in [4.78, 5) is 54.6. The molecule has 2 aromatic heterocycles. The van der Waals surface area contributed by atoms with Crippen LogP contribution < -0.4 is 11.1 Å². The van der Waals surface area contributed by atoms with Crippen LogP contribution >= 0.6 is 0 Å². The summed E-state index contributed by atoms with van der Waals surface area (Å²) in [5.74, 6) is -0.313. The van der Waals surface area contributed by atoms with Gasteiger partial charge < -0.3 is 15.8 Å². The van der Waals surface area contributed by atoms with Crippen LogP contribution in [-0.2, 0) is 9.59 Å². The molecule has 0 bridgehead atoms. The summed E-state index contributed by atoms with van der Waals surface area (Å²) in [5.41, 5.74) is 11.3. The van der Waals surface area contributed by atoms with Gasteiger partial charge in [-0.05, 0) is 81.2 Å². The molecule has 4 aliphatic rings. The Kier molecular flexibility index (Phi) is 6.63. The number of hydrogen-bond acceptors (Lipinski definition) is 7. The summed E-state index contributed by atoms with van der Waals surface area (Å²) in [7, 11) is 0. The van der Waals surface area contributed by atoms with Crippen molar-refractivity contribution < 1.29 is 19.2 Å². The second-order valence-electron chi connectivity index (χ2n) is 12.2. The number of rotatable bonds is 12. The highest BCUT2D eigenvalue weighted by atomic mass is 16.2. The maximum absolute atomic E-state index is 13.1. The van der Waals surface area contributed by atoms with Gasteiger partial charge in [-0.3, -0.25) is 28.9 Å². The lowest BCUT2D eigenvalue weighted by Gasteiger charge is -2.35. The molecule has 7 rings (SSSR count). The van der Waals surface area contributed by atoms with E-state index in [1.54, 1.807) is 18.2 Å². The minimum atomic E-state index is -1.15. The van der Waals surface area contributed by atoms with Crippen LogP contribution in [0.25, 0.3) is 11.3 Å². The van der Waals surface area contributed by atoms with E-state index >= 15 is 0 Å². The molecule has 1 atom stereocenters. The van der Waals surface area contributed by atoms with E-state index in [1.165, 1.54) is 42.6 Å². The number of fused-ring (bicyclic) bond motifs is 1. The van der Waals surface area contributed by atoms with Gasteiger partial charge in [0.25, 0.3) is 11.8 Å². The van der Waals surface area contributed by atoms with Crippen molar-refractivity contribution in [2.24, 2.45) is 11.7 Å². The standard InChI is InChI=1S/C32H34N6O4/c33-30(40)28(5-2-12-39)38-31(41)23-11-10-21(15-24(23)32(38)42)34-16-18-13-22(14-18)37-17-25(29(36-37)20-8-9-20)27-4-1-3-26(35-27)19-6-7-19/h1,3-4,10-12,15,17-20,22,28,34H,2,5-9,13-14,16H2,(H2,33,40)/t18-,22-,28?. The van der Waals surface area contributed by atoms with Crippen molar-refractivity contribution in [3.8, 4) is 11.3 Å². The second-order valence-corrected chi connectivity index (χ2v) is 12.2. The van der Waals surface area contributed by atoms with Crippen molar-refractivity contribution in [1.82, 2.24) is 19.7 Å². The van der Waals surface area contributed by atoms with Crippen molar-refractivity contribution in [1.29, 1.82) is 0 Å². The number of hydrogen-bond donors (Lipinski definition) is 2. The maximum Gasteiger partial charge on any atom is 0.262 e. The Balaban J connectivity index is 0.990. The Labute approximate surface area is 243 Å². The fourth-order valence-corrected chi connectivity index (χ4v) is 6.28. The third-order valence-corrected chi connectivity index (χ3v) is 9.06. The van der Waals surface area contributed by atoms with Gasteiger partial charge in [-0.25, -0.2) is 0 Å². The van der Waals surface area contributed by atoms with Gasteiger partial charge in [0.15, 0.2) is 0 Å². The fraction of sp³-hybridized carbons (Fsp3) is 0.438. The Morgan fingerprint density at radius 2 is 1.79 bits per heavy atom. The van der Waals surface area contributed by atoms with Crippen LogP contribution in [0.3, 0.4) is 0 Å². The minimum Gasteiger partial charge on any atom is -0.385 e. The molecule has 0 spiro atoms. The van der Waals surface area contributed by atoms with Crippen LogP contribution in [0.15, 0.2) is 42.6 Å². The number of pyridine rings is 1. The molecule has 3 amide bonds. The first-order valence-corrected chi connectivity index (χ1v) is 15.0. The highest BCUT2D eigenvalue weighted by Crippen LogP contribution is 2.46. The van der Waals surface area contributed by atoms with Gasteiger partial charge in [0.1, 0.15) is 12.3 Å². The van der Waals surface area contributed by atoms with Crippen LogP contribution in [-0.4, -0.2) is 56.3 Å². The molecule has 3 saturated carbocycles. The lowest BCUT2D eigenvalue weighted by atomic mass is 9.80. The summed E-state index contributed by atoms with van der Waals surface area (Å²) in [5, 5.41) is 8.47. The largest absolute Gasteiger partial charge is 0.385 e. The zero-order valence-electron chi connectivity index (χ0n) is 23.4. The van der Waals surface area contributed by atoms with Gasteiger partial charge in [0, 0.05) is 47.9 Å². The molecule has 3 heterocycles. The van der Waals surface area contributed by atoms with Gasteiger partial charge in [0.05, 0.1) is 28.6 Å². The van der Waals surface area contributed by atoms with E-state index in [4.69, 9.17) is 15.8 Å². The number of primary amides is 1. The zero-order chi connectivity index (χ0) is 29.0. The van der Waals surface area contributed by atoms with E-state index in [2.05, 4.69) is 34.4 Å². The number of anilines is 1. The number of aromatic nitrogens is 3. The number of benzene rings is 1. The first-order chi connectivity index (χ1) is 20.4. The monoisotopic (exact) mass is 566 g/mol. The van der Waals surface area contributed by atoms with Crippen molar-refractivity contribution in [3.63, 3.8) is 0 Å². The highest BCUT2D eigenvalue weighted by molar-refractivity contribution is 6.23. The van der Waals surface area contributed by atoms with Gasteiger partial charge in [-0.1, -0.05) is 6.07 Å². The van der Waals surface area contributed by atoms with E-state index in [9.17, 15) is 19.2 Å². The van der Waals surface area contributed by atoms with E-state index in [1.807, 2.05) is 0 Å². The number of carbonyl (C=O) groups is 4. The molecular weight excluding hydrogens is 532 g/mol. The van der Waals surface area contributed by atoms with Crippen molar-refractivity contribution in [2.45, 2.75) is 75.3 Å². The molecule has 3 fully saturated rings. The quantitative estimate of drug-likeness (QED) is 0.247. The normalized spacial score (nSPS) is 22.0. The number of nitrogens with one attached hydrogen (secondary N) is 1. The van der Waals surface area contributed by atoms with Gasteiger partial charge in [-0.15, -0.1) is 0 Å². The molecular formula is C32H34N6O4. The molecule has 3 aromatic rings. The molecule has 42 heavy (non-hydrogen) atoms. The number of carbonyl (C=O) groups excluding carboxylic acids is 4. The predicted molar refractivity (Wildman–Crippen MR) is 155 cm³/mol. The molecule has 0 radical (unpaired) electrons. The smallest absolute Gasteiger partial charge is 0.262 e. The first kappa shape index (κ1) is 26.6. The number of imide groups is 1. The van der Waals surface area contributed by atoms with Crippen LogP contribution in [0.4, 0.5) is 5.69 Å². The second kappa shape index (κ2) is 10.5.